The summed E-state index contributed by atoms with van der Waals surface area (Å²) < 4.78 is 43.7. The summed E-state index contributed by atoms with van der Waals surface area (Å²) in [5.41, 5.74) is 2.49. The average molecular weight is 499 g/mol. The number of sulfonamides is 1. The highest BCUT2D eigenvalue weighted by Gasteiger charge is 2.29. The summed E-state index contributed by atoms with van der Waals surface area (Å²) in [5.74, 6) is 0.350. The molecule has 1 aromatic heterocycles. The fraction of sp³-hybridized carbons (Fsp3) is 0.385. The van der Waals surface area contributed by atoms with Gasteiger partial charge in [-0.3, -0.25) is 4.79 Å². The third-order valence-electron chi connectivity index (χ3n) is 6.72. The molecule has 186 valence electrons. The second kappa shape index (κ2) is 10.3. The van der Waals surface area contributed by atoms with E-state index in [0.29, 0.717) is 25.7 Å². The van der Waals surface area contributed by atoms with Gasteiger partial charge in [0.25, 0.3) is 0 Å². The van der Waals surface area contributed by atoms with Crippen LogP contribution in [0.1, 0.15) is 50.0 Å². The number of carbonyl (C=O) groups excluding carboxylic acids is 1. The van der Waals surface area contributed by atoms with E-state index in [1.165, 1.54) is 12.1 Å². The van der Waals surface area contributed by atoms with Crippen LogP contribution in [0.2, 0.25) is 0 Å². The van der Waals surface area contributed by atoms with Crippen LogP contribution in [0.15, 0.2) is 59.6 Å². The van der Waals surface area contributed by atoms with E-state index in [1.54, 1.807) is 36.4 Å². The second-order valence-electron chi connectivity index (χ2n) is 9.26. The van der Waals surface area contributed by atoms with Gasteiger partial charge in [0.15, 0.2) is 0 Å². The number of hydrogen-bond acceptors (Lipinski definition) is 4. The van der Waals surface area contributed by atoms with E-state index >= 15 is 0 Å². The Labute approximate surface area is 205 Å². The largest absolute Gasteiger partial charge is 0.349 e. The van der Waals surface area contributed by atoms with Crippen LogP contribution in [0.4, 0.5) is 4.39 Å². The van der Waals surface area contributed by atoms with Gasteiger partial charge in [-0.25, -0.2) is 22.5 Å². The van der Waals surface area contributed by atoms with Crippen molar-refractivity contribution in [2.45, 2.75) is 56.5 Å². The van der Waals surface area contributed by atoms with Gasteiger partial charge >= 0.3 is 0 Å². The number of hydrogen-bond donors (Lipinski definition) is 2. The number of imidazole rings is 1. The molecular formula is C26H31FN4O3S. The molecule has 0 aliphatic heterocycles. The maximum absolute atomic E-state index is 13.1. The molecule has 0 radical (unpaired) electrons. The molecule has 0 spiro atoms. The van der Waals surface area contributed by atoms with Gasteiger partial charge in [0, 0.05) is 30.8 Å². The van der Waals surface area contributed by atoms with E-state index in [9.17, 15) is 17.6 Å². The molecule has 0 bridgehead atoms. The van der Waals surface area contributed by atoms with Crippen LogP contribution in [0, 0.1) is 18.7 Å². The van der Waals surface area contributed by atoms with Crippen molar-refractivity contribution in [3.05, 3.63) is 71.9 Å². The zero-order chi connectivity index (χ0) is 25.2. The van der Waals surface area contributed by atoms with E-state index in [2.05, 4.69) is 15.0 Å². The van der Waals surface area contributed by atoms with Crippen LogP contribution in [0.25, 0.3) is 11.3 Å². The minimum atomic E-state index is -3.66. The minimum Gasteiger partial charge on any atom is -0.349 e. The van der Waals surface area contributed by atoms with Crippen LogP contribution in [-0.2, 0) is 21.9 Å². The molecule has 0 unspecified atom stereocenters. The van der Waals surface area contributed by atoms with Crippen LogP contribution in [0.5, 0.6) is 0 Å². The summed E-state index contributed by atoms with van der Waals surface area (Å²) in [4.78, 5) is 17.4. The van der Waals surface area contributed by atoms with E-state index in [4.69, 9.17) is 0 Å². The number of nitrogens with one attached hydrogen (secondary N) is 2. The Bertz CT molecular complexity index is 1260. The van der Waals surface area contributed by atoms with E-state index in [-0.39, 0.29) is 34.6 Å². The monoisotopic (exact) mass is 498 g/mol. The van der Waals surface area contributed by atoms with Gasteiger partial charge in [-0.15, -0.1) is 0 Å². The number of halogens is 1. The third-order valence-corrected chi connectivity index (χ3v) is 8.25. The molecule has 3 aromatic rings. The highest BCUT2D eigenvalue weighted by atomic mass is 32.2. The lowest BCUT2D eigenvalue weighted by Crippen LogP contribution is -2.41. The van der Waals surface area contributed by atoms with Gasteiger partial charge < -0.3 is 9.88 Å². The quantitative estimate of drug-likeness (QED) is 0.509. The van der Waals surface area contributed by atoms with Crippen LogP contribution in [0.3, 0.4) is 0 Å². The lowest BCUT2D eigenvalue weighted by Gasteiger charge is -2.29. The van der Waals surface area contributed by atoms with Crippen molar-refractivity contribution in [2.24, 2.45) is 13.0 Å². The molecule has 1 heterocycles. The molecule has 1 atom stereocenters. The van der Waals surface area contributed by atoms with E-state index < -0.39 is 10.0 Å². The van der Waals surface area contributed by atoms with Crippen molar-refractivity contribution >= 4 is 15.9 Å². The molecule has 4 rings (SSSR count). The first-order valence-corrected chi connectivity index (χ1v) is 13.3. The van der Waals surface area contributed by atoms with Crippen LogP contribution in [-0.4, -0.2) is 29.9 Å². The highest BCUT2D eigenvalue weighted by molar-refractivity contribution is 7.89. The Hall–Kier alpha value is -3.04. The maximum atomic E-state index is 13.1. The van der Waals surface area contributed by atoms with Crippen LogP contribution < -0.4 is 10.0 Å². The Morgan fingerprint density at radius 2 is 1.69 bits per heavy atom. The molecule has 7 nitrogen and oxygen atoms in total. The number of aromatic nitrogens is 2. The molecule has 1 fully saturated rings. The van der Waals surface area contributed by atoms with Crippen LogP contribution >= 0.6 is 0 Å². The number of amides is 1. The van der Waals surface area contributed by atoms with Gasteiger partial charge in [-0.1, -0.05) is 24.3 Å². The van der Waals surface area contributed by atoms with Crippen molar-refractivity contribution < 1.29 is 17.6 Å². The SMILES string of the molecule is Cc1nc(-c2ccc(S(=O)(=O)N[C@H]3CC[C@H](C(=O)N[C@H](C)c4ccc(F)cc4)CC3)cc2)cn1C. The number of aryl methyl sites for hydroxylation is 2. The summed E-state index contributed by atoms with van der Waals surface area (Å²) in [6.45, 7) is 3.78. The lowest BCUT2D eigenvalue weighted by atomic mass is 9.85. The maximum Gasteiger partial charge on any atom is 0.240 e. The smallest absolute Gasteiger partial charge is 0.240 e. The Kier molecular flexibility index (Phi) is 7.37. The average Bonchev–Trinajstić information content (AvgIpc) is 3.18. The van der Waals surface area contributed by atoms with Gasteiger partial charge in [-0.05, 0) is 69.4 Å². The Morgan fingerprint density at radius 1 is 1.06 bits per heavy atom. The molecule has 1 aliphatic rings. The number of carbonyl (C=O) groups is 1. The molecular weight excluding hydrogens is 467 g/mol. The van der Waals surface area contributed by atoms with Crippen molar-refractivity contribution in [1.82, 2.24) is 19.6 Å². The van der Waals surface area contributed by atoms with Crippen molar-refractivity contribution in [2.75, 3.05) is 0 Å². The molecule has 0 saturated heterocycles. The normalized spacial score (nSPS) is 19.3. The first kappa shape index (κ1) is 25.1. The Morgan fingerprint density at radius 3 is 2.26 bits per heavy atom. The number of nitrogens with zero attached hydrogens (tertiary/aromatic N) is 2. The first-order chi connectivity index (χ1) is 16.6. The molecule has 9 heteroatoms. The number of benzene rings is 2. The summed E-state index contributed by atoms with van der Waals surface area (Å²) >= 11 is 0. The van der Waals surface area contributed by atoms with Gasteiger partial charge in [0.05, 0.1) is 16.6 Å². The van der Waals surface area contributed by atoms with E-state index in [1.807, 2.05) is 31.7 Å². The molecule has 2 aromatic carbocycles. The molecule has 35 heavy (non-hydrogen) atoms. The zero-order valence-corrected chi connectivity index (χ0v) is 21.0. The lowest BCUT2D eigenvalue weighted by molar-refractivity contribution is -0.126. The minimum absolute atomic E-state index is 0.0523. The van der Waals surface area contributed by atoms with Gasteiger partial charge in [0.1, 0.15) is 11.6 Å². The summed E-state index contributed by atoms with van der Waals surface area (Å²) in [5, 5.41) is 2.99. The second-order valence-corrected chi connectivity index (χ2v) is 11.0. The standard InChI is InChI=1S/C26H31FN4O3S/c1-17(19-4-10-22(27)11-5-19)28-26(32)21-6-12-23(13-7-21)30-35(33,34)24-14-8-20(9-15-24)25-16-31(3)18(2)29-25/h4-5,8-11,14-17,21,23,30H,6-7,12-13H2,1-3H3,(H,28,32)/t17-,21-,23-/m1/s1. The summed E-state index contributed by atoms with van der Waals surface area (Å²) in [6, 6.07) is 12.4. The molecule has 1 amide bonds. The zero-order valence-electron chi connectivity index (χ0n) is 20.2. The molecule has 1 aliphatic carbocycles. The fourth-order valence-corrected chi connectivity index (χ4v) is 5.73. The topological polar surface area (TPSA) is 93.1 Å². The third kappa shape index (κ3) is 5.97. The number of rotatable bonds is 7. The summed E-state index contributed by atoms with van der Waals surface area (Å²) in [7, 11) is -1.75. The predicted octanol–water partition coefficient (Wildman–Crippen LogP) is 4.25. The molecule has 2 N–H and O–H groups in total. The fourth-order valence-electron chi connectivity index (χ4n) is 4.43. The van der Waals surface area contributed by atoms with E-state index in [0.717, 1.165) is 22.6 Å². The van der Waals surface area contributed by atoms with Gasteiger partial charge in [0.2, 0.25) is 15.9 Å². The van der Waals surface area contributed by atoms with Crippen molar-refractivity contribution in [3.8, 4) is 11.3 Å². The first-order valence-electron chi connectivity index (χ1n) is 11.8. The summed E-state index contributed by atoms with van der Waals surface area (Å²) in [6.07, 6.45) is 4.30. The highest BCUT2D eigenvalue weighted by Crippen LogP contribution is 2.27. The molecule has 1 saturated carbocycles. The predicted molar refractivity (Wildman–Crippen MR) is 132 cm³/mol. The van der Waals surface area contributed by atoms with Crippen molar-refractivity contribution in [3.63, 3.8) is 0 Å². The Balaban J connectivity index is 1.30. The van der Waals surface area contributed by atoms with Gasteiger partial charge in [-0.2, -0.15) is 0 Å². The van der Waals surface area contributed by atoms with Crippen molar-refractivity contribution in [1.29, 1.82) is 0 Å².